The monoisotopic (exact) mass is 855 g/mol. The summed E-state index contributed by atoms with van der Waals surface area (Å²) in [5, 5.41) is 2.76. The van der Waals surface area contributed by atoms with Crippen molar-refractivity contribution >= 4 is 82.8 Å². The number of fused-ring (bicyclic) bond motifs is 3. The molecule has 3 atom stereocenters. The van der Waals surface area contributed by atoms with Crippen molar-refractivity contribution in [1.82, 2.24) is 4.90 Å². The lowest BCUT2D eigenvalue weighted by atomic mass is 9.95. The third-order valence-electron chi connectivity index (χ3n) is 12.8. The second-order valence-corrected chi connectivity index (χ2v) is 22.8. The van der Waals surface area contributed by atoms with Crippen molar-refractivity contribution < 1.29 is 4.79 Å². The molecule has 2 nitrogen and oxygen atoms in total. The molecule has 5 aromatic heterocycles. The van der Waals surface area contributed by atoms with Crippen LogP contribution in [0.3, 0.4) is 0 Å². The summed E-state index contributed by atoms with van der Waals surface area (Å²) in [6.07, 6.45) is 17.4. The van der Waals surface area contributed by atoms with Crippen LogP contribution in [0.25, 0.3) is 50.8 Å². The number of carbonyl (C=O) groups excluding carboxylic acids is 1. The molecule has 306 valence electrons. The maximum atomic E-state index is 14.4. The summed E-state index contributed by atoms with van der Waals surface area (Å²) < 4.78 is 2.80. The minimum atomic E-state index is 0.252. The number of amides is 1. The van der Waals surface area contributed by atoms with Crippen molar-refractivity contribution in [2.75, 3.05) is 6.54 Å². The lowest BCUT2D eigenvalue weighted by molar-refractivity contribution is 0.0747. The van der Waals surface area contributed by atoms with Crippen LogP contribution in [0.1, 0.15) is 154 Å². The fraction of sp³-hybridized carbons (Fsp3) is 0.540. The van der Waals surface area contributed by atoms with Crippen LogP contribution in [-0.4, -0.2) is 17.4 Å². The molecule has 0 spiro atoms. The third kappa shape index (κ3) is 9.09. The summed E-state index contributed by atoms with van der Waals surface area (Å²) in [4.78, 5) is 27.5. The predicted octanol–water partition coefficient (Wildman–Crippen LogP) is 17.6. The summed E-state index contributed by atoms with van der Waals surface area (Å²) in [6.45, 7) is 20.1. The highest BCUT2D eigenvalue weighted by atomic mass is 32.1. The molecular weight excluding hydrogens is 791 g/mol. The maximum absolute atomic E-state index is 14.4. The highest BCUT2D eigenvalue weighted by Crippen LogP contribution is 2.54. The third-order valence-corrected chi connectivity index (χ3v) is 18.6. The number of nitrogens with zero attached hydrogens (tertiary/aromatic N) is 1. The first-order chi connectivity index (χ1) is 27.7. The fourth-order valence-electron chi connectivity index (χ4n) is 9.16. The molecule has 1 aliphatic heterocycles. The molecule has 0 N–H and O–H groups in total. The van der Waals surface area contributed by atoms with Crippen molar-refractivity contribution in [3.05, 3.63) is 67.0 Å². The Hall–Kier alpha value is -2.29. The Balaban J connectivity index is 1.36. The summed E-state index contributed by atoms with van der Waals surface area (Å²) >= 11 is 9.81. The number of carbonyl (C=O) groups is 1. The molecule has 3 unspecified atom stereocenters. The largest absolute Gasteiger partial charge is 0.334 e. The average molecular weight is 856 g/mol. The quantitative estimate of drug-likeness (QED) is 0.0706. The normalized spacial score (nSPS) is 14.7. The Labute approximate surface area is 363 Å². The van der Waals surface area contributed by atoms with E-state index in [4.69, 9.17) is 0 Å². The molecule has 57 heavy (non-hydrogen) atoms. The van der Waals surface area contributed by atoms with Gasteiger partial charge in [0.1, 0.15) is 0 Å². The molecule has 0 saturated heterocycles. The molecule has 0 fully saturated rings. The van der Waals surface area contributed by atoms with Crippen LogP contribution < -0.4 is 0 Å². The van der Waals surface area contributed by atoms with Crippen LogP contribution in [0, 0.1) is 31.6 Å². The van der Waals surface area contributed by atoms with Gasteiger partial charge in [-0.3, -0.25) is 4.79 Å². The van der Waals surface area contributed by atoms with E-state index in [1.54, 1.807) is 0 Å². The molecule has 1 amide bonds. The number of benzene rings is 1. The van der Waals surface area contributed by atoms with Gasteiger partial charge in [0.05, 0.1) is 10.4 Å². The highest BCUT2D eigenvalue weighted by Gasteiger charge is 2.36. The van der Waals surface area contributed by atoms with E-state index in [-0.39, 0.29) is 5.91 Å². The zero-order chi connectivity index (χ0) is 40.2. The summed E-state index contributed by atoms with van der Waals surface area (Å²) in [5.74, 6) is 2.32. The van der Waals surface area contributed by atoms with Gasteiger partial charge in [0.2, 0.25) is 0 Å². The first-order valence-corrected chi connectivity index (χ1v) is 26.4. The Morgan fingerprint density at radius 1 is 0.596 bits per heavy atom. The van der Waals surface area contributed by atoms with Gasteiger partial charge < -0.3 is 4.90 Å². The van der Waals surface area contributed by atoms with E-state index in [9.17, 15) is 4.79 Å². The number of unbranched alkanes of at least 4 members (excludes halogenated alkanes) is 3. The molecule has 0 aliphatic carbocycles. The Morgan fingerprint density at radius 3 is 1.67 bits per heavy atom. The minimum absolute atomic E-state index is 0.252. The van der Waals surface area contributed by atoms with E-state index < -0.39 is 0 Å². The Morgan fingerprint density at radius 2 is 1.12 bits per heavy atom. The van der Waals surface area contributed by atoms with Gasteiger partial charge in [-0.25, -0.2) is 0 Å². The van der Waals surface area contributed by atoms with Crippen LogP contribution >= 0.6 is 56.7 Å². The van der Waals surface area contributed by atoms with Crippen molar-refractivity contribution in [3.8, 4) is 30.6 Å². The van der Waals surface area contributed by atoms with Gasteiger partial charge >= 0.3 is 0 Å². The predicted molar refractivity (Wildman–Crippen MR) is 259 cm³/mol. The minimum Gasteiger partial charge on any atom is -0.334 e. The molecule has 6 aromatic rings. The van der Waals surface area contributed by atoms with E-state index in [0.717, 1.165) is 36.9 Å². The van der Waals surface area contributed by atoms with Crippen LogP contribution in [0.15, 0.2) is 36.4 Å². The van der Waals surface area contributed by atoms with Crippen LogP contribution in [0.2, 0.25) is 0 Å². The van der Waals surface area contributed by atoms with Gasteiger partial charge in [-0.15, -0.1) is 56.7 Å². The first-order valence-electron chi connectivity index (χ1n) is 22.3. The van der Waals surface area contributed by atoms with Gasteiger partial charge in [-0.1, -0.05) is 112 Å². The molecule has 7 rings (SSSR count). The van der Waals surface area contributed by atoms with Gasteiger partial charge in [0.25, 0.3) is 5.91 Å². The van der Waals surface area contributed by atoms with Crippen molar-refractivity contribution in [2.24, 2.45) is 17.8 Å². The number of aryl methyl sites for hydroxylation is 2. The van der Waals surface area contributed by atoms with Gasteiger partial charge in [-0.05, 0) is 92.8 Å². The molecule has 0 bridgehead atoms. The van der Waals surface area contributed by atoms with Crippen LogP contribution in [-0.2, 0) is 19.4 Å². The summed E-state index contributed by atoms with van der Waals surface area (Å²) in [6, 6.07) is 14.7. The summed E-state index contributed by atoms with van der Waals surface area (Å²) in [5.41, 5.74) is 5.07. The zero-order valence-electron chi connectivity index (χ0n) is 35.9. The molecule has 1 aliphatic rings. The highest BCUT2D eigenvalue weighted by molar-refractivity contribution is 7.28. The van der Waals surface area contributed by atoms with Crippen molar-refractivity contribution in [2.45, 2.75) is 152 Å². The van der Waals surface area contributed by atoms with Gasteiger partial charge in [0.15, 0.2) is 0 Å². The molecule has 6 heterocycles. The Kier molecular flexibility index (Phi) is 14.6. The van der Waals surface area contributed by atoms with E-state index in [2.05, 4.69) is 96.7 Å². The maximum Gasteiger partial charge on any atom is 0.256 e. The first kappa shape index (κ1) is 42.8. The fourth-order valence-corrected chi connectivity index (χ4v) is 15.3. The number of hydrogen-bond acceptors (Lipinski definition) is 6. The van der Waals surface area contributed by atoms with Crippen molar-refractivity contribution in [1.29, 1.82) is 0 Å². The Bertz CT molecular complexity index is 2160. The smallest absolute Gasteiger partial charge is 0.256 e. The second-order valence-electron chi connectivity index (χ2n) is 16.9. The molecular formula is C50H65NOS5. The van der Waals surface area contributed by atoms with Crippen LogP contribution in [0.5, 0.6) is 0 Å². The van der Waals surface area contributed by atoms with Gasteiger partial charge in [0, 0.05) is 78.5 Å². The van der Waals surface area contributed by atoms with Crippen LogP contribution in [0.4, 0.5) is 0 Å². The van der Waals surface area contributed by atoms with E-state index in [1.165, 1.54) is 159 Å². The van der Waals surface area contributed by atoms with E-state index in [0.29, 0.717) is 5.92 Å². The molecule has 0 saturated carbocycles. The second kappa shape index (κ2) is 19.4. The lowest BCUT2D eigenvalue weighted by Crippen LogP contribution is -2.30. The van der Waals surface area contributed by atoms with Gasteiger partial charge in [-0.2, -0.15) is 0 Å². The SMILES string of the molecule is CCCCC(CC)Cc1ccc(-c2c3cc(-c4sc(C)c5c4C(=O)N(CC(CC)CCCC)C5)sc3c(-c3ccc(CC(CC)CCCC)s3)c3cc(C)sc23)s1. The summed E-state index contributed by atoms with van der Waals surface area (Å²) in [7, 11) is 0. The number of rotatable bonds is 21. The van der Waals surface area contributed by atoms with E-state index >= 15 is 0 Å². The molecule has 1 aromatic carbocycles. The lowest BCUT2D eigenvalue weighted by Gasteiger charge is -2.23. The standard InChI is InChI=1S/C50H65NOS5/c1-9-15-18-33(12-4)26-36-21-23-41(55-36)44-38-25-31(7)53-47(38)45(42-24-22-37(56-42)27-34(13-5)19-16-10-2)39-28-43(57-48(39)44)49-46-40(32(8)54-49)30-51(50(46)52)29-35(14-6)20-17-11-3/h21-25,28,33-35H,9-20,26-27,29-30H2,1-8H3. The topological polar surface area (TPSA) is 20.3 Å². The average Bonchev–Trinajstić information content (AvgIpc) is 4.08. The van der Waals surface area contributed by atoms with E-state index in [1.807, 2.05) is 56.7 Å². The zero-order valence-corrected chi connectivity index (χ0v) is 40.0. The number of thiophene rings is 5. The number of hydrogen-bond donors (Lipinski definition) is 0. The molecule has 7 heteroatoms. The van der Waals surface area contributed by atoms with Crippen molar-refractivity contribution in [3.63, 3.8) is 0 Å². The molecule has 0 radical (unpaired) electrons.